The van der Waals surface area contributed by atoms with Crippen molar-refractivity contribution in [2.45, 2.75) is 56.1 Å². The first-order valence-electron chi connectivity index (χ1n) is 9.20. The normalized spacial score (nSPS) is 15.9. The summed E-state index contributed by atoms with van der Waals surface area (Å²) < 4.78 is 0. The molecular formula is C19H24N4O2S2. The Bertz CT molecular complexity index is 803. The standard InChI is InChI=1S/C19H24N4O2S2/c1-12(17(24)21-19-23-22-13(2)27-19)26-16-10-6-9-15(11-16)20-18(25)14-7-4-3-5-8-14/h6,9-12,14H,3-5,7-8H2,1-2H3,(H,20,25)(H,21,23,24). The highest BCUT2D eigenvalue weighted by Crippen LogP contribution is 2.28. The van der Waals surface area contributed by atoms with E-state index in [0.29, 0.717) is 5.13 Å². The molecule has 2 amide bonds. The molecule has 1 aliphatic carbocycles. The molecule has 1 aromatic carbocycles. The van der Waals surface area contributed by atoms with Crippen molar-refractivity contribution >= 4 is 45.7 Å². The fourth-order valence-electron chi connectivity index (χ4n) is 3.07. The molecule has 1 fully saturated rings. The number of amides is 2. The third-order valence-corrected chi connectivity index (χ3v) is 6.36. The van der Waals surface area contributed by atoms with Crippen LogP contribution in [0.25, 0.3) is 0 Å². The lowest BCUT2D eigenvalue weighted by molar-refractivity contribution is -0.120. The quantitative estimate of drug-likeness (QED) is 0.693. The fraction of sp³-hybridized carbons (Fsp3) is 0.474. The first-order valence-corrected chi connectivity index (χ1v) is 10.9. The minimum atomic E-state index is -0.293. The van der Waals surface area contributed by atoms with Gasteiger partial charge >= 0.3 is 0 Å². The largest absolute Gasteiger partial charge is 0.326 e. The van der Waals surface area contributed by atoms with Gasteiger partial charge in [-0.2, -0.15) is 0 Å². The van der Waals surface area contributed by atoms with Gasteiger partial charge in [0.1, 0.15) is 5.01 Å². The van der Waals surface area contributed by atoms with Crippen LogP contribution in [0.2, 0.25) is 0 Å². The first kappa shape index (κ1) is 19.8. The van der Waals surface area contributed by atoms with Gasteiger partial charge in [-0.15, -0.1) is 22.0 Å². The molecule has 1 aromatic heterocycles. The maximum atomic E-state index is 12.4. The molecule has 0 radical (unpaired) electrons. The van der Waals surface area contributed by atoms with Gasteiger partial charge in [-0.25, -0.2) is 0 Å². The number of hydrogen-bond acceptors (Lipinski definition) is 6. The van der Waals surface area contributed by atoms with Crippen LogP contribution >= 0.6 is 23.1 Å². The molecule has 1 heterocycles. The molecule has 8 heteroatoms. The SMILES string of the molecule is Cc1nnc(NC(=O)C(C)Sc2cccc(NC(=O)C3CCCCC3)c2)s1. The van der Waals surface area contributed by atoms with E-state index in [4.69, 9.17) is 0 Å². The van der Waals surface area contributed by atoms with E-state index in [-0.39, 0.29) is 23.0 Å². The number of nitrogens with one attached hydrogen (secondary N) is 2. The maximum absolute atomic E-state index is 12.4. The highest BCUT2D eigenvalue weighted by atomic mass is 32.2. The number of nitrogens with zero attached hydrogens (tertiary/aromatic N) is 2. The number of aryl methyl sites for hydroxylation is 1. The Balaban J connectivity index is 1.56. The lowest BCUT2D eigenvalue weighted by atomic mass is 9.88. The second-order valence-electron chi connectivity index (χ2n) is 6.73. The Kier molecular flexibility index (Phi) is 6.84. The average molecular weight is 405 g/mol. The summed E-state index contributed by atoms with van der Waals surface area (Å²) in [5, 5.41) is 14.7. The van der Waals surface area contributed by atoms with Gasteiger partial charge in [-0.3, -0.25) is 14.9 Å². The summed E-state index contributed by atoms with van der Waals surface area (Å²) >= 11 is 2.80. The van der Waals surface area contributed by atoms with Crippen LogP contribution in [0.1, 0.15) is 44.0 Å². The maximum Gasteiger partial charge on any atom is 0.239 e. The molecule has 0 spiro atoms. The minimum Gasteiger partial charge on any atom is -0.326 e. The summed E-state index contributed by atoms with van der Waals surface area (Å²) in [6.45, 7) is 3.69. The van der Waals surface area contributed by atoms with Gasteiger partial charge in [-0.1, -0.05) is 36.7 Å². The topological polar surface area (TPSA) is 84.0 Å². The number of anilines is 2. The predicted molar refractivity (Wildman–Crippen MR) is 110 cm³/mol. The summed E-state index contributed by atoms with van der Waals surface area (Å²) in [7, 11) is 0. The number of thioether (sulfide) groups is 1. The van der Waals surface area contributed by atoms with Crippen LogP contribution in [0, 0.1) is 12.8 Å². The van der Waals surface area contributed by atoms with Gasteiger partial charge in [0.05, 0.1) is 5.25 Å². The number of aromatic nitrogens is 2. The molecule has 2 aromatic rings. The van der Waals surface area contributed by atoms with E-state index >= 15 is 0 Å². The zero-order chi connectivity index (χ0) is 19.2. The summed E-state index contributed by atoms with van der Waals surface area (Å²) in [5.41, 5.74) is 0.780. The smallest absolute Gasteiger partial charge is 0.239 e. The molecule has 0 saturated heterocycles. The fourth-order valence-corrected chi connectivity index (χ4v) is 4.59. The van der Waals surface area contributed by atoms with Crippen molar-refractivity contribution in [1.29, 1.82) is 0 Å². The van der Waals surface area contributed by atoms with Crippen molar-refractivity contribution in [2.75, 3.05) is 10.6 Å². The van der Waals surface area contributed by atoms with Crippen LogP contribution in [0.5, 0.6) is 0 Å². The van der Waals surface area contributed by atoms with Gasteiger partial charge in [0.15, 0.2) is 0 Å². The van der Waals surface area contributed by atoms with Crippen molar-refractivity contribution < 1.29 is 9.59 Å². The van der Waals surface area contributed by atoms with Crippen molar-refractivity contribution in [3.05, 3.63) is 29.3 Å². The lowest BCUT2D eigenvalue weighted by Gasteiger charge is -2.21. The third kappa shape index (κ3) is 5.77. The lowest BCUT2D eigenvalue weighted by Crippen LogP contribution is -2.24. The predicted octanol–water partition coefficient (Wildman–Crippen LogP) is 4.48. The molecule has 3 rings (SSSR count). The molecule has 6 nitrogen and oxygen atoms in total. The average Bonchev–Trinajstić information content (AvgIpc) is 3.07. The first-order chi connectivity index (χ1) is 13.0. The monoisotopic (exact) mass is 404 g/mol. The second kappa shape index (κ2) is 9.32. The number of carbonyl (C=O) groups is 2. The zero-order valence-corrected chi connectivity index (χ0v) is 17.2. The van der Waals surface area contributed by atoms with Crippen LogP contribution in [0.3, 0.4) is 0 Å². The molecule has 0 bridgehead atoms. The van der Waals surface area contributed by atoms with E-state index in [1.807, 2.05) is 38.1 Å². The number of carbonyl (C=O) groups excluding carboxylic acids is 2. The Morgan fingerprint density at radius 1 is 1.19 bits per heavy atom. The molecule has 1 unspecified atom stereocenters. The van der Waals surface area contributed by atoms with Crippen LogP contribution in [0.15, 0.2) is 29.2 Å². The Labute approximate surface area is 167 Å². The Morgan fingerprint density at radius 2 is 1.96 bits per heavy atom. The molecular weight excluding hydrogens is 380 g/mol. The Hall–Kier alpha value is -1.93. The highest BCUT2D eigenvalue weighted by Gasteiger charge is 2.21. The summed E-state index contributed by atoms with van der Waals surface area (Å²) in [6, 6.07) is 7.65. The minimum absolute atomic E-state index is 0.106. The van der Waals surface area contributed by atoms with Gasteiger partial charge in [-0.05, 0) is 44.9 Å². The van der Waals surface area contributed by atoms with Crippen LogP contribution in [-0.2, 0) is 9.59 Å². The number of benzene rings is 1. The van der Waals surface area contributed by atoms with Crippen molar-refractivity contribution in [1.82, 2.24) is 10.2 Å². The number of hydrogen-bond donors (Lipinski definition) is 2. The molecule has 1 saturated carbocycles. The van der Waals surface area contributed by atoms with E-state index in [1.54, 1.807) is 0 Å². The van der Waals surface area contributed by atoms with E-state index in [9.17, 15) is 9.59 Å². The summed E-state index contributed by atoms with van der Waals surface area (Å²) in [5.74, 6) is 0.109. The molecule has 2 N–H and O–H groups in total. The van der Waals surface area contributed by atoms with Crippen molar-refractivity contribution in [3.63, 3.8) is 0 Å². The van der Waals surface area contributed by atoms with E-state index in [1.165, 1.54) is 29.5 Å². The summed E-state index contributed by atoms with van der Waals surface area (Å²) in [6.07, 6.45) is 5.45. The van der Waals surface area contributed by atoms with Gasteiger partial charge in [0, 0.05) is 16.5 Å². The molecule has 1 aliphatic rings. The molecule has 144 valence electrons. The highest BCUT2D eigenvalue weighted by molar-refractivity contribution is 8.00. The molecule has 0 aliphatic heterocycles. The van der Waals surface area contributed by atoms with Gasteiger partial charge in [0.25, 0.3) is 0 Å². The number of rotatable bonds is 6. The third-order valence-electron chi connectivity index (χ3n) is 4.52. The van der Waals surface area contributed by atoms with Crippen molar-refractivity contribution in [3.8, 4) is 0 Å². The Morgan fingerprint density at radius 3 is 2.67 bits per heavy atom. The summed E-state index contributed by atoms with van der Waals surface area (Å²) in [4.78, 5) is 25.7. The van der Waals surface area contributed by atoms with Crippen molar-refractivity contribution in [2.24, 2.45) is 5.92 Å². The molecule has 1 atom stereocenters. The van der Waals surface area contributed by atoms with Gasteiger partial charge in [0.2, 0.25) is 16.9 Å². The van der Waals surface area contributed by atoms with Crippen LogP contribution in [0.4, 0.5) is 10.8 Å². The zero-order valence-electron chi connectivity index (χ0n) is 15.5. The van der Waals surface area contributed by atoms with Crippen LogP contribution < -0.4 is 10.6 Å². The molecule has 27 heavy (non-hydrogen) atoms. The van der Waals surface area contributed by atoms with E-state index < -0.39 is 0 Å². The second-order valence-corrected chi connectivity index (χ2v) is 9.32. The van der Waals surface area contributed by atoms with Crippen LogP contribution in [-0.4, -0.2) is 27.3 Å². The van der Waals surface area contributed by atoms with E-state index in [2.05, 4.69) is 20.8 Å². The van der Waals surface area contributed by atoms with Gasteiger partial charge < -0.3 is 5.32 Å². The van der Waals surface area contributed by atoms with E-state index in [0.717, 1.165) is 41.3 Å².